The second-order valence-electron chi connectivity index (χ2n) is 4.42. The van der Waals surface area contributed by atoms with Crippen LogP contribution < -0.4 is 0 Å². The van der Waals surface area contributed by atoms with Gasteiger partial charge >= 0.3 is 0 Å². The van der Waals surface area contributed by atoms with Crippen molar-refractivity contribution in [2.75, 3.05) is 0 Å². The van der Waals surface area contributed by atoms with Crippen molar-refractivity contribution < 1.29 is 4.79 Å². The molecule has 2 heteroatoms. The standard InChI is InChI=1S/C16H13NO/c1-12-5-4-7-14(9-12)17-15(11-18)10-13-6-2-3-8-16(13)17/h2-11H,1H3. The Labute approximate surface area is 105 Å². The summed E-state index contributed by atoms with van der Waals surface area (Å²) in [6.45, 7) is 2.05. The molecule has 0 aliphatic heterocycles. The molecule has 0 aliphatic rings. The summed E-state index contributed by atoms with van der Waals surface area (Å²) in [4.78, 5) is 11.2. The van der Waals surface area contributed by atoms with Crippen LogP contribution in [0.1, 0.15) is 16.1 Å². The Morgan fingerprint density at radius 3 is 2.61 bits per heavy atom. The molecule has 0 aliphatic carbocycles. The lowest BCUT2D eigenvalue weighted by Gasteiger charge is -2.08. The van der Waals surface area contributed by atoms with Gasteiger partial charge in [-0.3, -0.25) is 4.79 Å². The lowest BCUT2D eigenvalue weighted by Crippen LogP contribution is -1.98. The van der Waals surface area contributed by atoms with Crippen LogP contribution in [0, 0.1) is 6.92 Å². The van der Waals surface area contributed by atoms with Crippen LogP contribution >= 0.6 is 0 Å². The van der Waals surface area contributed by atoms with E-state index in [2.05, 4.69) is 19.1 Å². The van der Waals surface area contributed by atoms with Crippen molar-refractivity contribution in [2.45, 2.75) is 6.92 Å². The number of carbonyl (C=O) groups is 1. The topological polar surface area (TPSA) is 22.0 Å². The molecule has 88 valence electrons. The molecular formula is C16H13NO. The lowest BCUT2D eigenvalue weighted by atomic mass is 10.2. The van der Waals surface area contributed by atoms with Gasteiger partial charge in [0.15, 0.2) is 6.29 Å². The minimum absolute atomic E-state index is 0.682. The van der Waals surface area contributed by atoms with Crippen molar-refractivity contribution in [3.8, 4) is 5.69 Å². The van der Waals surface area contributed by atoms with Crippen molar-refractivity contribution in [1.29, 1.82) is 0 Å². The second-order valence-corrected chi connectivity index (χ2v) is 4.42. The minimum Gasteiger partial charge on any atom is -0.307 e. The predicted octanol–water partition coefficient (Wildman–Crippen LogP) is 3.75. The largest absolute Gasteiger partial charge is 0.307 e. The first kappa shape index (κ1) is 10.8. The molecule has 1 heterocycles. The summed E-state index contributed by atoms with van der Waals surface area (Å²) in [6, 6.07) is 18.1. The smallest absolute Gasteiger partial charge is 0.166 e. The number of para-hydroxylation sites is 1. The summed E-state index contributed by atoms with van der Waals surface area (Å²) in [7, 11) is 0. The van der Waals surface area contributed by atoms with Gasteiger partial charge in [-0.05, 0) is 36.8 Å². The quantitative estimate of drug-likeness (QED) is 0.620. The third kappa shape index (κ3) is 1.63. The van der Waals surface area contributed by atoms with E-state index in [0.717, 1.165) is 22.9 Å². The number of fused-ring (bicyclic) bond motifs is 1. The fourth-order valence-corrected chi connectivity index (χ4v) is 2.32. The number of hydrogen-bond donors (Lipinski definition) is 0. The summed E-state index contributed by atoms with van der Waals surface area (Å²) in [5, 5.41) is 1.08. The van der Waals surface area contributed by atoms with Gasteiger partial charge in [-0.1, -0.05) is 30.3 Å². The van der Waals surface area contributed by atoms with Gasteiger partial charge in [-0.25, -0.2) is 0 Å². The molecule has 0 saturated carbocycles. The highest BCUT2D eigenvalue weighted by molar-refractivity contribution is 5.90. The van der Waals surface area contributed by atoms with Gasteiger partial charge in [0, 0.05) is 11.1 Å². The Hall–Kier alpha value is -2.35. The van der Waals surface area contributed by atoms with Crippen LogP contribution in [0.4, 0.5) is 0 Å². The zero-order chi connectivity index (χ0) is 12.5. The highest BCUT2D eigenvalue weighted by Crippen LogP contribution is 2.23. The van der Waals surface area contributed by atoms with E-state index in [1.165, 1.54) is 5.56 Å². The molecule has 0 saturated heterocycles. The van der Waals surface area contributed by atoms with E-state index >= 15 is 0 Å². The average Bonchev–Trinajstić information content (AvgIpc) is 2.77. The zero-order valence-corrected chi connectivity index (χ0v) is 10.1. The fourth-order valence-electron chi connectivity index (χ4n) is 2.32. The number of aldehydes is 1. The molecule has 0 amide bonds. The molecule has 3 rings (SSSR count). The normalized spacial score (nSPS) is 10.7. The summed E-state index contributed by atoms with van der Waals surface area (Å²) in [5.41, 5.74) is 3.95. The predicted molar refractivity (Wildman–Crippen MR) is 73.4 cm³/mol. The van der Waals surface area contributed by atoms with E-state index in [1.54, 1.807) is 0 Å². The summed E-state index contributed by atoms with van der Waals surface area (Å²) < 4.78 is 2.00. The number of aromatic nitrogens is 1. The number of nitrogens with zero attached hydrogens (tertiary/aromatic N) is 1. The molecule has 18 heavy (non-hydrogen) atoms. The van der Waals surface area contributed by atoms with E-state index in [1.807, 2.05) is 47.0 Å². The molecule has 0 spiro atoms. The summed E-state index contributed by atoms with van der Waals surface area (Å²) in [6.07, 6.45) is 0.905. The molecule has 0 bridgehead atoms. The molecule has 1 aromatic heterocycles. The molecule has 0 fully saturated rings. The van der Waals surface area contributed by atoms with Crippen molar-refractivity contribution in [2.24, 2.45) is 0 Å². The SMILES string of the molecule is Cc1cccc(-n2c(C=O)cc3ccccc32)c1. The lowest BCUT2D eigenvalue weighted by molar-refractivity contribution is 0.111. The van der Waals surface area contributed by atoms with Crippen LogP contribution in [0.25, 0.3) is 16.6 Å². The molecular weight excluding hydrogens is 222 g/mol. The van der Waals surface area contributed by atoms with Crippen molar-refractivity contribution in [3.63, 3.8) is 0 Å². The molecule has 2 nitrogen and oxygen atoms in total. The van der Waals surface area contributed by atoms with E-state index in [9.17, 15) is 4.79 Å². The number of hydrogen-bond acceptors (Lipinski definition) is 1. The summed E-state index contributed by atoms with van der Waals surface area (Å²) in [5.74, 6) is 0. The maximum atomic E-state index is 11.2. The Kier molecular flexibility index (Phi) is 2.49. The molecule has 0 radical (unpaired) electrons. The van der Waals surface area contributed by atoms with Gasteiger partial charge in [-0.15, -0.1) is 0 Å². The van der Waals surface area contributed by atoms with E-state index in [4.69, 9.17) is 0 Å². The van der Waals surface area contributed by atoms with Crippen LogP contribution in [0.5, 0.6) is 0 Å². The van der Waals surface area contributed by atoms with Crippen LogP contribution in [0.15, 0.2) is 54.6 Å². The molecule has 0 unspecified atom stereocenters. The highest BCUT2D eigenvalue weighted by atomic mass is 16.1. The first-order chi connectivity index (χ1) is 8.79. The first-order valence-electron chi connectivity index (χ1n) is 5.92. The van der Waals surface area contributed by atoms with Gasteiger partial charge in [-0.2, -0.15) is 0 Å². The van der Waals surface area contributed by atoms with Crippen LogP contribution in [-0.4, -0.2) is 10.9 Å². The third-order valence-corrected chi connectivity index (χ3v) is 3.12. The molecule has 3 aromatic rings. The molecule has 0 atom stereocenters. The summed E-state index contributed by atoms with van der Waals surface area (Å²) >= 11 is 0. The van der Waals surface area contributed by atoms with Gasteiger partial charge < -0.3 is 4.57 Å². The van der Waals surface area contributed by atoms with Gasteiger partial charge in [0.2, 0.25) is 0 Å². The maximum absolute atomic E-state index is 11.2. The van der Waals surface area contributed by atoms with Gasteiger partial charge in [0.05, 0.1) is 11.2 Å². The van der Waals surface area contributed by atoms with Crippen LogP contribution in [0.2, 0.25) is 0 Å². The molecule has 0 N–H and O–H groups in total. The monoisotopic (exact) mass is 235 g/mol. The fraction of sp³-hybridized carbons (Fsp3) is 0.0625. The second kappa shape index (κ2) is 4.15. The van der Waals surface area contributed by atoms with E-state index < -0.39 is 0 Å². The average molecular weight is 235 g/mol. The highest BCUT2D eigenvalue weighted by Gasteiger charge is 2.09. The van der Waals surface area contributed by atoms with Gasteiger partial charge in [0.25, 0.3) is 0 Å². The Balaban J connectivity index is 2.36. The Morgan fingerprint density at radius 2 is 1.83 bits per heavy atom. The first-order valence-corrected chi connectivity index (χ1v) is 5.92. The van der Waals surface area contributed by atoms with Crippen molar-refractivity contribution in [1.82, 2.24) is 4.57 Å². The zero-order valence-electron chi connectivity index (χ0n) is 10.1. The van der Waals surface area contributed by atoms with Crippen LogP contribution in [-0.2, 0) is 0 Å². The van der Waals surface area contributed by atoms with Crippen molar-refractivity contribution in [3.05, 3.63) is 65.9 Å². The minimum atomic E-state index is 0.682. The van der Waals surface area contributed by atoms with Gasteiger partial charge in [0.1, 0.15) is 0 Å². The number of benzene rings is 2. The Bertz CT molecular complexity index is 725. The Morgan fingerprint density at radius 1 is 1.00 bits per heavy atom. The number of aryl methyl sites for hydroxylation is 1. The van der Waals surface area contributed by atoms with E-state index in [0.29, 0.717) is 5.69 Å². The van der Waals surface area contributed by atoms with E-state index in [-0.39, 0.29) is 0 Å². The number of rotatable bonds is 2. The number of carbonyl (C=O) groups excluding carboxylic acids is 1. The maximum Gasteiger partial charge on any atom is 0.166 e. The third-order valence-electron chi connectivity index (χ3n) is 3.12. The van der Waals surface area contributed by atoms with Crippen molar-refractivity contribution >= 4 is 17.2 Å². The van der Waals surface area contributed by atoms with Crippen LogP contribution in [0.3, 0.4) is 0 Å². The molecule has 2 aromatic carbocycles.